The summed E-state index contributed by atoms with van der Waals surface area (Å²) in [5.41, 5.74) is 3.56. The van der Waals surface area contributed by atoms with Crippen molar-refractivity contribution >= 4 is 17.6 Å². The second-order valence-electron chi connectivity index (χ2n) is 7.25. The lowest BCUT2D eigenvalue weighted by atomic mass is 10.1. The summed E-state index contributed by atoms with van der Waals surface area (Å²) in [6, 6.07) is 11.0. The standard InChI is InChI=1S/C23H29N3O4/c1-15-7-5-9-21(16(15)2)25-23(24-14-18-8-6-10-30-18)26-22(27)17-11-19(28-3)13-20(12-17)29-4/h5,7,9,11-13,18H,6,8,10,14H2,1-4H3,(H2,24,25,26,27)/t18-/m0/s1. The van der Waals surface area contributed by atoms with Crippen LogP contribution >= 0.6 is 0 Å². The molecule has 7 nitrogen and oxygen atoms in total. The molecule has 2 aromatic rings. The molecule has 0 spiro atoms. The lowest BCUT2D eigenvalue weighted by Gasteiger charge is -2.16. The summed E-state index contributed by atoms with van der Waals surface area (Å²) in [6.07, 6.45) is 2.09. The molecule has 1 saturated heterocycles. The third-order valence-electron chi connectivity index (χ3n) is 5.18. The van der Waals surface area contributed by atoms with Crippen molar-refractivity contribution in [3.63, 3.8) is 0 Å². The number of aryl methyl sites for hydroxylation is 1. The number of benzene rings is 2. The quantitative estimate of drug-likeness (QED) is 0.560. The second kappa shape index (κ2) is 10.1. The SMILES string of the molecule is COc1cc(OC)cc(C(=O)NC(=NC[C@@H]2CCCO2)Nc2cccc(C)c2C)c1. The third-order valence-corrected chi connectivity index (χ3v) is 5.18. The van der Waals surface area contributed by atoms with Gasteiger partial charge >= 0.3 is 0 Å². The Bertz CT molecular complexity index is 898. The molecule has 160 valence electrons. The Kier molecular flexibility index (Phi) is 7.30. The molecule has 0 aliphatic carbocycles. The maximum atomic E-state index is 13.0. The van der Waals surface area contributed by atoms with Crippen LogP contribution in [0.4, 0.5) is 5.69 Å². The molecule has 7 heteroatoms. The molecule has 0 aromatic heterocycles. The van der Waals surface area contributed by atoms with Crippen LogP contribution < -0.4 is 20.1 Å². The summed E-state index contributed by atoms with van der Waals surface area (Å²) in [4.78, 5) is 17.6. The molecule has 1 aliphatic heterocycles. The number of ether oxygens (including phenoxy) is 3. The van der Waals surface area contributed by atoms with Crippen LogP contribution in [0, 0.1) is 13.8 Å². The predicted molar refractivity (Wildman–Crippen MR) is 118 cm³/mol. The van der Waals surface area contributed by atoms with Crippen molar-refractivity contribution in [1.82, 2.24) is 5.32 Å². The van der Waals surface area contributed by atoms with E-state index in [1.165, 1.54) is 0 Å². The summed E-state index contributed by atoms with van der Waals surface area (Å²) in [6.45, 7) is 5.32. The maximum Gasteiger partial charge on any atom is 0.258 e. The minimum atomic E-state index is -0.309. The van der Waals surface area contributed by atoms with Gasteiger partial charge in [0.25, 0.3) is 5.91 Å². The Morgan fingerprint density at radius 2 is 1.90 bits per heavy atom. The molecule has 1 fully saturated rings. The Hall–Kier alpha value is -3.06. The van der Waals surface area contributed by atoms with E-state index in [0.29, 0.717) is 29.6 Å². The van der Waals surface area contributed by atoms with Crippen LogP contribution in [0.25, 0.3) is 0 Å². The van der Waals surface area contributed by atoms with Gasteiger partial charge in [-0.15, -0.1) is 0 Å². The Balaban J connectivity index is 1.83. The molecule has 2 N–H and O–H groups in total. The van der Waals surface area contributed by atoms with Gasteiger partial charge in [0.05, 0.1) is 26.9 Å². The van der Waals surface area contributed by atoms with Gasteiger partial charge in [0.15, 0.2) is 0 Å². The number of methoxy groups -OCH3 is 2. The molecule has 1 aliphatic rings. The number of anilines is 1. The van der Waals surface area contributed by atoms with Crippen molar-refractivity contribution in [1.29, 1.82) is 0 Å². The fourth-order valence-electron chi connectivity index (χ4n) is 3.22. The fraction of sp³-hybridized carbons (Fsp3) is 0.391. The van der Waals surface area contributed by atoms with Crippen molar-refractivity contribution in [3.8, 4) is 11.5 Å². The van der Waals surface area contributed by atoms with Gasteiger partial charge in [-0.3, -0.25) is 10.1 Å². The molecule has 0 bridgehead atoms. The third kappa shape index (κ3) is 5.51. The molecule has 1 heterocycles. The van der Waals surface area contributed by atoms with E-state index in [2.05, 4.69) is 15.6 Å². The van der Waals surface area contributed by atoms with Crippen molar-refractivity contribution in [2.75, 3.05) is 32.7 Å². The molecule has 1 atom stereocenters. The first-order valence-electron chi connectivity index (χ1n) is 10.0. The van der Waals surface area contributed by atoms with Gasteiger partial charge in [0.1, 0.15) is 11.5 Å². The van der Waals surface area contributed by atoms with Crippen molar-refractivity contribution in [2.45, 2.75) is 32.8 Å². The van der Waals surface area contributed by atoms with E-state index in [1.807, 2.05) is 32.0 Å². The van der Waals surface area contributed by atoms with Crippen LogP contribution in [-0.4, -0.2) is 45.3 Å². The summed E-state index contributed by atoms with van der Waals surface area (Å²) < 4.78 is 16.2. The highest BCUT2D eigenvalue weighted by atomic mass is 16.5. The molecular formula is C23H29N3O4. The number of guanidine groups is 1. The van der Waals surface area contributed by atoms with Crippen LogP contribution in [0.1, 0.15) is 34.3 Å². The van der Waals surface area contributed by atoms with Crippen molar-refractivity contribution in [3.05, 3.63) is 53.1 Å². The summed E-state index contributed by atoms with van der Waals surface area (Å²) >= 11 is 0. The van der Waals surface area contributed by atoms with E-state index in [0.717, 1.165) is 36.3 Å². The van der Waals surface area contributed by atoms with Crippen molar-refractivity contribution < 1.29 is 19.0 Å². The Morgan fingerprint density at radius 1 is 1.17 bits per heavy atom. The molecule has 0 saturated carbocycles. The minimum Gasteiger partial charge on any atom is -0.497 e. The molecular weight excluding hydrogens is 382 g/mol. The number of nitrogens with zero attached hydrogens (tertiary/aromatic N) is 1. The zero-order valence-corrected chi connectivity index (χ0v) is 18.0. The van der Waals surface area contributed by atoms with Gasteiger partial charge in [0, 0.05) is 23.9 Å². The van der Waals surface area contributed by atoms with E-state index < -0.39 is 0 Å². The molecule has 0 radical (unpaired) electrons. The van der Waals surface area contributed by atoms with Gasteiger partial charge in [-0.2, -0.15) is 0 Å². The summed E-state index contributed by atoms with van der Waals surface area (Å²) in [5, 5.41) is 6.16. The average Bonchev–Trinajstić information content (AvgIpc) is 3.28. The van der Waals surface area contributed by atoms with Crippen LogP contribution in [-0.2, 0) is 4.74 Å². The van der Waals surface area contributed by atoms with Crippen LogP contribution in [0.15, 0.2) is 41.4 Å². The monoisotopic (exact) mass is 411 g/mol. The fourth-order valence-corrected chi connectivity index (χ4v) is 3.22. The van der Waals surface area contributed by atoms with Gasteiger partial charge in [-0.1, -0.05) is 12.1 Å². The molecule has 2 aromatic carbocycles. The van der Waals surface area contributed by atoms with E-state index in [9.17, 15) is 4.79 Å². The lowest BCUT2D eigenvalue weighted by Crippen LogP contribution is -2.37. The number of amides is 1. The lowest BCUT2D eigenvalue weighted by molar-refractivity contribution is 0.0975. The Morgan fingerprint density at radius 3 is 2.53 bits per heavy atom. The number of rotatable bonds is 6. The number of hydrogen-bond acceptors (Lipinski definition) is 5. The van der Waals surface area contributed by atoms with Crippen LogP contribution in [0.5, 0.6) is 11.5 Å². The zero-order valence-electron chi connectivity index (χ0n) is 18.0. The zero-order chi connectivity index (χ0) is 21.5. The summed E-state index contributed by atoms with van der Waals surface area (Å²) in [7, 11) is 3.10. The number of nitrogens with one attached hydrogen (secondary N) is 2. The number of hydrogen-bond donors (Lipinski definition) is 2. The molecule has 3 rings (SSSR count). The first-order chi connectivity index (χ1) is 14.5. The smallest absolute Gasteiger partial charge is 0.258 e. The molecule has 0 unspecified atom stereocenters. The van der Waals surface area contributed by atoms with E-state index in [1.54, 1.807) is 32.4 Å². The number of aliphatic imine (C=N–C) groups is 1. The van der Waals surface area contributed by atoms with E-state index in [-0.39, 0.29) is 12.0 Å². The highest BCUT2D eigenvalue weighted by Crippen LogP contribution is 2.23. The van der Waals surface area contributed by atoms with Gasteiger partial charge in [-0.05, 0) is 56.0 Å². The number of carbonyl (C=O) groups excluding carboxylic acids is 1. The van der Waals surface area contributed by atoms with Gasteiger partial charge in [0.2, 0.25) is 5.96 Å². The predicted octanol–water partition coefficient (Wildman–Crippen LogP) is 3.70. The molecule has 1 amide bonds. The average molecular weight is 412 g/mol. The normalized spacial score (nSPS) is 16.3. The highest BCUT2D eigenvalue weighted by molar-refractivity contribution is 6.10. The first-order valence-corrected chi connectivity index (χ1v) is 10.0. The van der Waals surface area contributed by atoms with Crippen LogP contribution in [0.3, 0.4) is 0 Å². The van der Waals surface area contributed by atoms with Gasteiger partial charge in [-0.25, -0.2) is 4.99 Å². The largest absolute Gasteiger partial charge is 0.497 e. The Labute approximate surface area is 177 Å². The molecule has 30 heavy (non-hydrogen) atoms. The summed E-state index contributed by atoms with van der Waals surface area (Å²) in [5.74, 6) is 1.15. The van der Waals surface area contributed by atoms with E-state index >= 15 is 0 Å². The van der Waals surface area contributed by atoms with Crippen molar-refractivity contribution in [2.24, 2.45) is 4.99 Å². The van der Waals surface area contributed by atoms with Gasteiger partial charge < -0.3 is 19.5 Å². The number of carbonyl (C=O) groups is 1. The second-order valence-corrected chi connectivity index (χ2v) is 7.25. The van der Waals surface area contributed by atoms with E-state index in [4.69, 9.17) is 14.2 Å². The topological polar surface area (TPSA) is 81.2 Å². The van der Waals surface area contributed by atoms with Crippen LogP contribution in [0.2, 0.25) is 0 Å². The minimum absolute atomic E-state index is 0.0780. The first kappa shape index (κ1) is 21.6. The highest BCUT2D eigenvalue weighted by Gasteiger charge is 2.17. The maximum absolute atomic E-state index is 13.0.